The Bertz CT molecular complexity index is 1240. The van der Waals surface area contributed by atoms with Crippen molar-refractivity contribution in [3.05, 3.63) is 103 Å². The van der Waals surface area contributed by atoms with Gasteiger partial charge in [0.25, 0.3) is 0 Å². The zero-order valence-electron chi connectivity index (χ0n) is 18.1. The Balaban J connectivity index is 1.82. The van der Waals surface area contributed by atoms with Gasteiger partial charge in [-0.2, -0.15) is 9.40 Å². The molecular formula is C26H27N3O2S. The minimum Gasteiger partial charge on any atom is -0.239 e. The van der Waals surface area contributed by atoms with Crippen molar-refractivity contribution in [1.82, 2.24) is 14.1 Å². The summed E-state index contributed by atoms with van der Waals surface area (Å²) in [5.41, 5.74) is 3.01. The van der Waals surface area contributed by atoms with E-state index in [-0.39, 0.29) is 4.90 Å². The maximum absolute atomic E-state index is 14.0. The molecule has 164 valence electrons. The molecule has 0 aliphatic heterocycles. The third kappa shape index (κ3) is 4.82. The highest BCUT2D eigenvalue weighted by Crippen LogP contribution is 2.30. The van der Waals surface area contributed by atoms with Crippen molar-refractivity contribution < 1.29 is 8.42 Å². The molecule has 32 heavy (non-hydrogen) atoms. The maximum Gasteiger partial charge on any atom is 0.247 e. The molecule has 0 saturated carbocycles. The van der Waals surface area contributed by atoms with Gasteiger partial charge in [-0.3, -0.25) is 0 Å². The summed E-state index contributed by atoms with van der Waals surface area (Å²) in [4.78, 5) is 0.222. The molecule has 0 spiro atoms. The van der Waals surface area contributed by atoms with Crippen molar-refractivity contribution >= 4 is 10.0 Å². The smallest absolute Gasteiger partial charge is 0.239 e. The first-order valence-electron chi connectivity index (χ1n) is 10.8. The van der Waals surface area contributed by atoms with Gasteiger partial charge in [0.05, 0.1) is 11.9 Å². The molecule has 0 fully saturated rings. The predicted molar refractivity (Wildman–Crippen MR) is 128 cm³/mol. The standard InChI is InChI=1S/C26H27N3O2S/c1-2-3-19-28(20-22-13-7-4-8-14-22)32(30,31)25-21-29(24-17-11-6-12-18-24)27-26(25)23-15-9-5-10-16-23/h4-18,21H,2-3,19-20H2,1H3. The molecule has 0 aliphatic rings. The number of para-hydroxylation sites is 1. The lowest BCUT2D eigenvalue weighted by atomic mass is 10.2. The number of hydrogen-bond donors (Lipinski definition) is 0. The van der Waals surface area contributed by atoms with Gasteiger partial charge in [-0.1, -0.05) is 92.2 Å². The number of aromatic nitrogens is 2. The molecule has 0 radical (unpaired) electrons. The Morgan fingerprint density at radius 2 is 1.44 bits per heavy atom. The minimum absolute atomic E-state index is 0.222. The molecule has 5 nitrogen and oxygen atoms in total. The highest BCUT2D eigenvalue weighted by molar-refractivity contribution is 7.89. The molecule has 0 aliphatic carbocycles. The predicted octanol–water partition coefficient (Wildman–Crippen LogP) is 5.53. The third-order valence-electron chi connectivity index (χ3n) is 5.33. The molecule has 0 atom stereocenters. The fraction of sp³-hybridized carbons (Fsp3) is 0.192. The van der Waals surface area contributed by atoms with Gasteiger partial charge in [0, 0.05) is 18.7 Å². The van der Waals surface area contributed by atoms with Crippen molar-refractivity contribution in [3.63, 3.8) is 0 Å². The van der Waals surface area contributed by atoms with Gasteiger partial charge in [0.1, 0.15) is 10.6 Å². The first-order valence-corrected chi connectivity index (χ1v) is 12.3. The summed E-state index contributed by atoms with van der Waals surface area (Å²) in [5, 5.41) is 4.70. The Kier molecular flexibility index (Phi) is 6.83. The molecule has 3 aromatic carbocycles. The number of rotatable bonds is 9. The van der Waals surface area contributed by atoms with Gasteiger partial charge < -0.3 is 0 Å². The number of sulfonamides is 1. The van der Waals surface area contributed by atoms with Crippen LogP contribution in [-0.4, -0.2) is 29.0 Å². The average molecular weight is 446 g/mol. The van der Waals surface area contributed by atoms with Gasteiger partial charge in [-0.05, 0) is 24.1 Å². The van der Waals surface area contributed by atoms with Crippen LogP contribution in [0.4, 0.5) is 0 Å². The van der Waals surface area contributed by atoms with E-state index in [1.54, 1.807) is 15.2 Å². The Morgan fingerprint density at radius 1 is 0.844 bits per heavy atom. The van der Waals surface area contributed by atoms with Crippen LogP contribution in [-0.2, 0) is 16.6 Å². The molecule has 0 bridgehead atoms. The van der Waals surface area contributed by atoms with Crippen molar-refractivity contribution in [2.45, 2.75) is 31.2 Å². The van der Waals surface area contributed by atoms with E-state index in [9.17, 15) is 8.42 Å². The lowest BCUT2D eigenvalue weighted by Gasteiger charge is -2.22. The van der Waals surface area contributed by atoms with E-state index >= 15 is 0 Å². The van der Waals surface area contributed by atoms with Gasteiger partial charge in [0.15, 0.2) is 0 Å². The van der Waals surface area contributed by atoms with Crippen molar-refractivity contribution in [1.29, 1.82) is 0 Å². The molecule has 1 heterocycles. The zero-order valence-corrected chi connectivity index (χ0v) is 18.9. The maximum atomic E-state index is 14.0. The summed E-state index contributed by atoms with van der Waals surface area (Å²) in [6.45, 7) is 2.85. The third-order valence-corrected chi connectivity index (χ3v) is 7.18. The first kappa shape index (κ1) is 22.0. The van der Waals surface area contributed by atoms with Gasteiger partial charge in [-0.25, -0.2) is 13.1 Å². The lowest BCUT2D eigenvalue weighted by molar-refractivity contribution is 0.398. The van der Waals surface area contributed by atoms with Crippen LogP contribution in [0.25, 0.3) is 16.9 Å². The monoisotopic (exact) mass is 445 g/mol. The molecule has 0 saturated heterocycles. The first-order chi connectivity index (χ1) is 15.6. The van der Waals surface area contributed by atoms with E-state index in [1.165, 1.54) is 0 Å². The Morgan fingerprint density at radius 3 is 2.06 bits per heavy atom. The van der Waals surface area contributed by atoms with Crippen molar-refractivity contribution in [2.24, 2.45) is 0 Å². The van der Waals surface area contributed by atoms with Crippen molar-refractivity contribution in [3.8, 4) is 16.9 Å². The second-order valence-corrected chi connectivity index (χ2v) is 9.57. The highest BCUT2D eigenvalue weighted by atomic mass is 32.2. The summed E-state index contributed by atoms with van der Waals surface area (Å²) in [6, 6.07) is 28.8. The quantitative estimate of drug-likeness (QED) is 0.340. The second-order valence-electron chi connectivity index (χ2n) is 7.67. The van der Waals surface area contributed by atoms with Crippen LogP contribution in [0.5, 0.6) is 0 Å². The highest BCUT2D eigenvalue weighted by Gasteiger charge is 2.30. The molecule has 4 rings (SSSR count). The van der Waals surface area contributed by atoms with Crippen LogP contribution < -0.4 is 0 Å². The summed E-state index contributed by atoms with van der Waals surface area (Å²) in [6.07, 6.45) is 3.34. The summed E-state index contributed by atoms with van der Waals surface area (Å²) < 4.78 is 31.1. The van der Waals surface area contributed by atoms with E-state index in [0.717, 1.165) is 29.7 Å². The summed E-state index contributed by atoms with van der Waals surface area (Å²) in [5.74, 6) is 0. The van der Waals surface area contributed by atoms with Crippen LogP contribution in [0.3, 0.4) is 0 Å². The molecule has 0 N–H and O–H groups in total. The van der Waals surface area contributed by atoms with Crippen LogP contribution in [0.15, 0.2) is 102 Å². The topological polar surface area (TPSA) is 55.2 Å². The van der Waals surface area contributed by atoms with E-state index in [2.05, 4.69) is 6.92 Å². The number of unbranched alkanes of at least 4 members (excludes halogenated alkanes) is 1. The second kappa shape index (κ2) is 9.94. The number of nitrogens with zero attached hydrogens (tertiary/aromatic N) is 3. The Labute approximate surface area is 190 Å². The fourth-order valence-corrected chi connectivity index (χ4v) is 5.20. The molecule has 6 heteroatoms. The number of hydrogen-bond acceptors (Lipinski definition) is 3. The largest absolute Gasteiger partial charge is 0.247 e. The zero-order chi connectivity index (χ0) is 22.4. The lowest BCUT2D eigenvalue weighted by Crippen LogP contribution is -2.31. The molecule has 1 aromatic heterocycles. The van der Waals surface area contributed by atoms with Crippen LogP contribution in [0.2, 0.25) is 0 Å². The molecule has 0 amide bonds. The van der Waals surface area contributed by atoms with Crippen LogP contribution >= 0.6 is 0 Å². The summed E-state index contributed by atoms with van der Waals surface area (Å²) >= 11 is 0. The van der Waals surface area contributed by atoms with E-state index in [1.807, 2.05) is 91.0 Å². The molecule has 4 aromatic rings. The molecule has 0 unspecified atom stereocenters. The van der Waals surface area contributed by atoms with E-state index < -0.39 is 10.0 Å². The number of benzene rings is 3. The van der Waals surface area contributed by atoms with Crippen LogP contribution in [0, 0.1) is 0 Å². The van der Waals surface area contributed by atoms with Gasteiger partial charge >= 0.3 is 0 Å². The SMILES string of the molecule is CCCCN(Cc1ccccc1)S(=O)(=O)c1cn(-c2ccccc2)nc1-c1ccccc1. The molecular weight excluding hydrogens is 418 g/mol. The normalized spacial score (nSPS) is 11.7. The van der Waals surface area contributed by atoms with Crippen LogP contribution in [0.1, 0.15) is 25.3 Å². The Hall–Kier alpha value is -3.22. The average Bonchev–Trinajstić information content (AvgIpc) is 3.30. The van der Waals surface area contributed by atoms with Crippen molar-refractivity contribution in [2.75, 3.05) is 6.54 Å². The van der Waals surface area contributed by atoms with Gasteiger partial charge in [0.2, 0.25) is 10.0 Å². The van der Waals surface area contributed by atoms with Gasteiger partial charge in [-0.15, -0.1) is 0 Å². The minimum atomic E-state index is -3.79. The van der Waals surface area contributed by atoms with E-state index in [0.29, 0.717) is 18.8 Å². The fourth-order valence-electron chi connectivity index (χ4n) is 3.60. The van der Waals surface area contributed by atoms with E-state index in [4.69, 9.17) is 5.10 Å². The summed E-state index contributed by atoms with van der Waals surface area (Å²) in [7, 11) is -3.79.